The van der Waals surface area contributed by atoms with Gasteiger partial charge in [-0.2, -0.15) is 17.0 Å². The monoisotopic (exact) mass is 470 g/mol. The molecule has 1 N–H and O–H groups in total. The third kappa shape index (κ3) is 5.60. The van der Waals surface area contributed by atoms with E-state index in [0.29, 0.717) is 36.9 Å². The van der Waals surface area contributed by atoms with Gasteiger partial charge in [0, 0.05) is 39.3 Å². The Balaban J connectivity index is 1.58. The van der Waals surface area contributed by atoms with Crippen LogP contribution in [0.4, 0.5) is 5.69 Å². The van der Waals surface area contributed by atoms with E-state index in [1.54, 1.807) is 15.7 Å². The summed E-state index contributed by atoms with van der Waals surface area (Å²) in [5, 5.41) is 3.48. The quantitative estimate of drug-likeness (QED) is 0.691. The van der Waals surface area contributed by atoms with E-state index in [0.717, 1.165) is 36.8 Å². The van der Waals surface area contributed by atoms with Gasteiger partial charge >= 0.3 is 0 Å². The Hall–Kier alpha value is -1.19. The summed E-state index contributed by atoms with van der Waals surface area (Å²) in [7, 11) is -1.76. The molecule has 174 valence electrons. The number of benzene rings is 1. The maximum absolute atomic E-state index is 13.1. The van der Waals surface area contributed by atoms with Gasteiger partial charge in [-0.15, -0.1) is 0 Å². The van der Waals surface area contributed by atoms with E-state index in [1.807, 2.05) is 37.8 Å². The van der Waals surface area contributed by atoms with E-state index in [9.17, 15) is 13.2 Å². The van der Waals surface area contributed by atoms with Gasteiger partial charge in [-0.1, -0.05) is 36.9 Å². The predicted molar refractivity (Wildman–Crippen MR) is 126 cm³/mol. The van der Waals surface area contributed by atoms with Gasteiger partial charge in [0.05, 0.1) is 16.8 Å². The molecule has 1 aromatic rings. The molecule has 2 aliphatic rings. The van der Waals surface area contributed by atoms with Crippen molar-refractivity contribution in [3.8, 4) is 0 Å². The molecule has 0 spiro atoms. The van der Waals surface area contributed by atoms with Gasteiger partial charge in [-0.3, -0.25) is 9.69 Å². The number of piperazine rings is 1. The first-order valence-electron chi connectivity index (χ1n) is 11.2. The third-order valence-corrected chi connectivity index (χ3v) is 9.00. The minimum Gasteiger partial charge on any atom is -0.323 e. The number of hydrogen-bond donors (Lipinski definition) is 1. The Bertz CT molecular complexity index is 871. The molecule has 1 unspecified atom stereocenters. The van der Waals surface area contributed by atoms with E-state index in [2.05, 4.69) is 5.32 Å². The average Bonchev–Trinajstić information content (AvgIpc) is 2.75. The Morgan fingerprint density at radius 1 is 1.13 bits per heavy atom. The summed E-state index contributed by atoms with van der Waals surface area (Å²) >= 11 is 6.33. The molecule has 1 aromatic carbocycles. The maximum Gasteiger partial charge on any atom is 0.282 e. The van der Waals surface area contributed by atoms with Crippen LogP contribution in [0.2, 0.25) is 5.02 Å². The number of nitrogens with one attached hydrogen (secondary N) is 1. The summed E-state index contributed by atoms with van der Waals surface area (Å²) in [4.78, 5) is 14.9. The largest absolute Gasteiger partial charge is 0.323 e. The molecule has 3 rings (SSSR count). The molecule has 0 bridgehead atoms. The number of rotatable bonds is 6. The van der Waals surface area contributed by atoms with Crippen LogP contribution in [0.1, 0.15) is 50.2 Å². The van der Waals surface area contributed by atoms with Crippen molar-refractivity contribution in [1.82, 2.24) is 13.5 Å². The zero-order valence-corrected chi connectivity index (χ0v) is 20.6. The molecule has 2 fully saturated rings. The van der Waals surface area contributed by atoms with E-state index in [4.69, 9.17) is 11.6 Å². The Labute approximate surface area is 191 Å². The van der Waals surface area contributed by atoms with Gasteiger partial charge in [0.25, 0.3) is 10.2 Å². The number of amides is 1. The molecule has 31 heavy (non-hydrogen) atoms. The molecule has 1 saturated carbocycles. The lowest BCUT2D eigenvalue weighted by atomic mass is 9.96. The number of hydrogen-bond acceptors (Lipinski definition) is 4. The van der Waals surface area contributed by atoms with Gasteiger partial charge in [0.15, 0.2) is 0 Å². The number of anilines is 1. The molecule has 1 aliphatic carbocycles. The van der Waals surface area contributed by atoms with E-state index >= 15 is 0 Å². The SMILES string of the molecule is Cc1cc(C)c(NC(=O)C(C)N2CCN(S(=O)(=O)N(C)C3CCCCC3)CC2)c(Cl)c1. The average molecular weight is 471 g/mol. The topological polar surface area (TPSA) is 73.0 Å². The Kier molecular flexibility index (Phi) is 8.02. The van der Waals surface area contributed by atoms with Crippen LogP contribution in [0, 0.1) is 13.8 Å². The Morgan fingerprint density at radius 2 is 1.74 bits per heavy atom. The van der Waals surface area contributed by atoms with Gasteiger partial charge < -0.3 is 5.32 Å². The van der Waals surface area contributed by atoms with E-state index in [-0.39, 0.29) is 18.0 Å². The first-order valence-corrected chi connectivity index (χ1v) is 12.9. The molecular weight excluding hydrogens is 436 g/mol. The highest BCUT2D eigenvalue weighted by Crippen LogP contribution is 2.28. The summed E-state index contributed by atoms with van der Waals surface area (Å²) in [5.74, 6) is -0.135. The standard InChI is InChI=1S/C22H35ClN4O3S/c1-16-14-17(2)21(20(23)15-16)24-22(28)18(3)26-10-12-27(13-11-26)31(29,30)25(4)19-8-6-5-7-9-19/h14-15,18-19H,5-13H2,1-4H3,(H,24,28). The summed E-state index contributed by atoms with van der Waals surface area (Å²) in [5.41, 5.74) is 2.61. The molecule has 1 atom stereocenters. The van der Waals surface area contributed by atoms with Crippen molar-refractivity contribution in [2.24, 2.45) is 0 Å². The van der Waals surface area contributed by atoms with Crippen molar-refractivity contribution >= 4 is 33.4 Å². The highest BCUT2D eigenvalue weighted by atomic mass is 35.5. The number of aryl methyl sites for hydroxylation is 2. The molecule has 1 amide bonds. The van der Waals surface area contributed by atoms with Crippen LogP contribution in [0.25, 0.3) is 0 Å². The normalized spacial score (nSPS) is 20.7. The number of nitrogens with zero attached hydrogens (tertiary/aromatic N) is 3. The van der Waals surface area contributed by atoms with Gasteiger partial charge in [0.2, 0.25) is 5.91 Å². The zero-order chi connectivity index (χ0) is 22.8. The minimum absolute atomic E-state index is 0.101. The van der Waals surface area contributed by atoms with Crippen molar-refractivity contribution in [2.45, 2.75) is 65.0 Å². The van der Waals surface area contributed by atoms with Crippen LogP contribution in [0.3, 0.4) is 0 Å². The summed E-state index contributed by atoms with van der Waals surface area (Å²) in [6, 6.07) is 3.54. The van der Waals surface area contributed by atoms with Crippen molar-refractivity contribution in [1.29, 1.82) is 0 Å². The van der Waals surface area contributed by atoms with Crippen LogP contribution in [-0.4, -0.2) is 73.1 Å². The van der Waals surface area contributed by atoms with Crippen LogP contribution < -0.4 is 5.32 Å². The fourth-order valence-electron chi connectivity index (χ4n) is 4.60. The summed E-state index contributed by atoms with van der Waals surface area (Å²) in [6.45, 7) is 7.56. The van der Waals surface area contributed by atoms with E-state index < -0.39 is 10.2 Å². The highest BCUT2D eigenvalue weighted by molar-refractivity contribution is 7.86. The Morgan fingerprint density at radius 3 is 2.32 bits per heavy atom. The zero-order valence-electron chi connectivity index (χ0n) is 19.0. The second-order valence-electron chi connectivity index (χ2n) is 8.85. The third-order valence-electron chi connectivity index (χ3n) is 6.66. The first-order chi connectivity index (χ1) is 14.6. The molecule has 7 nitrogen and oxygen atoms in total. The molecule has 1 heterocycles. The van der Waals surface area contributed by atoms with E-state index in [1.165, 1.54) is 6.42 Å². The first kappa shape index (κ1) is 24.5. The molecule has 9 heteroatoms. The minimum atomic E-state index is -3.47. The summed E-state index contributed by atoms with van der Waals surface area (Å²) in [6.07, 6.45) is 5.25. The van der Waals surface area contributed by atoms with Crippen LogP contribution in [-0.2, 0) is 15.0 Å². The lowest BCUT2D eigenvalue weighted by Crippen LogP contribution is -2.57. The molecule has 1 aliphatic heterocycles. The number of carbonyl (C=O) groups is 1. The molecule has 1 saturated heterocycles. The smallest absolute Gasteiger partial charge is 0.282 e. The second kappa shape index (κ2) is 10.2. The fraction of sp³-hybridized carbons (Fsp3) is 0.682. The number of halogens is 1. The van der Waals surface area contributed by atoms with Crippen LogP contribution in [0.5, 0.6) is 0 Å². The van der Waals surface area contributed by atoms with Gasteiger partial charge in [-0.05, 0) is 50.8 Å². The van der Waals surface area contributed by atoms with Crippen molar-refractivity contribution in [2.75, 3.05) is 38.5 Å². The van der Waals surface area contributed by atoms with Gasteiger partial charge in [0.1, 0.15) is 0 Å². The highest BCUT2D eigenvalue weighted by Gasteiger charge is 2.36. The fourth-order valence-corrected chi connectivity index (χ4v) is 6.55. The summed E-state index contributed by atoms with van der Waals surface area (Å²) < 4.78 is 29.3. The lowest BCUT2D eigenvalue weighted by Gasteiger charge is -2.40. The van der Waals surface area contributed by atoms with Crippen molar-refractivity contribution in [3.05, 3.63) is 28.3 Å². The predicted octanol–water partition coefficient (Wildman–Crippen LogP) is 3.41. The van der Waals surface area contributed by atoms with Crippen LogP contribution in [0.15, 0.2) is 12.1 Å². The molecular formula is C22H35ClN4O3S. The maximum atomic E-state index is 13.1. The second-order valence-corrected chi connectivity index (χ2v) is 11.2. The number of carbonyl (C=O) groups excluding carboxylic acids is 1. The van der Waals surface area contributed by atoms with Crippen molar-refractivity contribution in [3.63, 3.8) is 0 Å². The van der Waals surface area contributed by atoms with Crippen molar-refractivity contribution < 1.29 is 13.2 Å². The van der Waals surface area contributed by atoms with Crippen LogP contribution >= 0.6 is 11.6 Å². The van der Waals surface area contributed by atoms with Gasteiger partial charge in [-0.25, -0.2) is 0 Å². The molecule has 0 radical (unpaired) electrons. The lowest BCUT2D eigenvalue weighted by molar-refractivity contribution is -0.121. The molecule has 0 aromatic heterocycles.